The number of carbonyl (C=O) groups excluding carboxylic acids is 1. The van der Waals surface area contributed by atoms with Crippen LogP contribution in [0.15, 0.2) is 47.4 Å². The normalized spacial score (nSPS) is 26.3. The number of hydrogen-bond acceptors (Lipinski definition) is 5. The predicted molar refractivity (Wildman–Crippen MR) is 91.5 cm³/mol. The van der Waals surface area contributed by atoms with Gasteiger partial charge in [0.2, 0.25) is 5.91 Å². The molecule has 1 N–H and O–H groups in total. The largest absolute Gasteiger partial charge is 0.472 e. The second-order valence-electron chi connectivity index (χ2n) is 6.74. The molecular formula is C19H23N3O3. The summed E-state index contributed by atoms with van der Waals surface area (Å²) in [5, 5.41) is 2.94. The zero-order chi connectivity index (χ0) is 17.1. The first kappa shape index (κ1) is 16.3. The number of nitrogens with one attached hydrogen (secondary N) is 1. The summed E-state index contributed by atoms with van der Waals surface area (Å²) in [6, 6.07) is 8.09. The number of pyridine rings is 1. The molecule has 4 heterocycles. The fourth-order valence-corrected chi connectivity index (χ4v) is 3.82. The van der Waals surface area contributed by atoms with Crippen LogP contribution in [0.25, 0.3) is 0 Å². The molecule has 0 aliphatic carbocycles. The molecule has 132 valence electrons. The second-order valence-corrected chi connectivity index (χ2v) is 6.74. The average molecular weight is 341 g/mol. The number of likely N-dealkylation sites (tertiary alicyclic amines) is 1. The number of hydrogen-bond donors (Lipinski definition) is 1. The van der Waals surface area contributed by atoms with Crippen molar-refractivity contribution in [1.82, 2.24) is 15.2 Å². The van der Waals surface area contributed by atoms with Gasteiger partial charge in [-0.25, -0.2) is 0 Å². The van der Waals surface area contributed by atoms with Crippen molar-refractivity contribution < 1.29 is 13.9 Å². The van der Waals surface area contributed by atoms with E-state index in [1.807, 2.05) is 24.3 Å². The van der Waals surface area contributed by atoms with Gasteiger partial charge in [-0.05, 0) is 37.5 Å². The third-order valence-electron chi connectivity index (χ3n) is 5.09. The molecule has 0 aromatic carbocycles. The summed E-state index contributed by atoms with van der Waals surface area (Å²) in [5.41, 5.74) is 2.05. The predicted octanol–water partition coefficient (Wildman–Crippen LogP) is 2.11. The van der Waals surface area contributed by atoms with Crippen LogP contribution in [0.4, 0.5) is 0 Å². The Hall–Kier alpha value is -2.18. The van der Waals surface area contributed by atoms with Gasteiger partial charge in [0.1, 0.15) is 6.10 Å². The number of amides is 1. The maximum absolute atomic E-state index is 12.4. The molecule has 25 heavy (non-hydrogen) atoms. The molecule has 2 saturated heterocycles. The van der Waals surface area contributed by atoms with Crippen LogP contribution in [0.1, 0.15) is 30.5 Å². The lowest BCUT2D eigenvalue weighted by Crippen LogP contribution is -2.47. The van der Waals surface area contributed by atoms with Crippen LogP contribution in [-0.2, 0) is 22.6 Å². The van der Waals surface area contributed by atoms with Gasteiger partial charge >= 0.3 is 0 Å². The van der Waals surface area contributed by atoms with Gasteiger partial charge in [-0.1, -0.05) is 6.07 Å². The van der Waals surface area contributed by atoms with Crippen LogP contribution in [0.3, 0.4) is 0 Å². The van der Waals surface area contributed by atoms with Crippen LogP contribution in [0.5, 0.6) is 0 Å². The second kappa shape index (κ2) is 7.37. The summed E-state index contributed by atoms with van der Waals surface area (Å²) >= 11 is 0. The molecule has 0 unspecified atom stereocenters. The molecule has 2 aromatic heterocycles. The van der Waals surface area contributed by atoms with Gasteiger partial charge < -0.3 is 14.5 Å². The highest BCUT2D eigenvalue weighted by atomic mass is 16.5. The molecule has 2 aliphatic heterocycles. The van der Waals surface area contributed by atoms with Crippen LogP contribution < -0.4 is 5.32 Å². The highest BCUT2D eigenvalue weighted by molar-refractivity contribution is 5.80. The molecule has 0 saturated carbocycles. The summed E-state index contributed by atoms with van der Waals surface area (Å²) in [4.78, 5) is 19.1. The van der Waals surface area contributed by atoms with Crippen LogP contribution in [0.2, 0.25) is 0 Å². The summed E-state index contributed by atoms with van der Waals surface area (Å²) in [6.07, 6.45) is 7.77. The van der Waals surface area contributed by atoms with E-state index in [9.17, 15) is 4.79 Å². The van der Waals surface area contributed by atoms with E-state index in [-0.39, 0.29) is 18.1 Å². The summed E-state index contributed by atoms with van der Waals surface area (Å²) < 4.78 is 11.3. The van der Waals surface area contributed by atoms with E-state index in [1.54, 1.807) is 18.7 Å². The zero-order valence-electron chi connectivity index (χ0n) is 14.1. The van der Waals surface area contributed by atoms with Crippen molar-refractivity contribution in [1.29, 1.82) is 0 Å². The van der Waals surface area contributed by atoms with Crippen LogP contribution in [0, 0.1) is 0 Å². The molecule has 1 amide bonds. The van der Waals surface area contributed by atoms with Gasteiger partial charge in [-0.3, -0.25) is 14.7 Å². The summed E-state index contributed by atoms with van der Waals surface area (Å²) in [7, 11) is 0. The van der Waals surface area contributed by atoms with Gasteiger partial charge in [0.25, 0.3) is 0 Å². The molecule has 0 spiro atoms. The standard InChI is InChI=1S/C19H23N3O3/c23-19(21-11-15-3-1-2-8-20-15)18-5-4-16-17(25-18)6-9-22(16)12-14-7-10-24-13-14/h1-3,7-8,10,13,16-18H,4-6,9,11-12H2,(H,21,23)/t16-,17-,18-/m0/s1. The van der Waals surface area contributed by atoms with Crippen molar-refractivity contribution in [2.45, 2.75) is 50.6 Å². The smallest absolute Gasteiger partial charge is 0.249 e. The molecule has 6 nitrogen and oxygen atoms in total. The first-order valence-corrected chi connectivity index (χ1v) is 8.88. The van der Waals surface area contributed by atoms with Crippen LogP contribution >= 0.6 is 0 Å². The van der Waals surface area contributed by atoms with E-state index < -0.39 is 0 Å². The molecule has 4 rings (SSSR count). The number of ether oxygens (including phenoxy) is 1. The Morgan fingerprint density at radius 2 is 2.24 bits per heavy atom. The Morgan fingerprint density at radius 1 is 1.28 bits per heavy atom. The van der Waals surface area contributed by atoms with E-state index in [4.69, 9.17) is 9.15 Å². The Balaban J connectivity index is 1.29. The number of rotatable bonds is 5. The minimum atomic E-state index is -0.348. The SMILES string of the molecule is O=C(NCc1ccccn1)[C@@H]1CC[C@H]2[C@H](CCN2Cc2ccoc2)O1. The Morgan fingerprint density at radius 3 is 3.04 bits per heavy atom. The minimum absolute atomic E-state index is 0.0302. The fourth-order valence-electron chi connectivity index (χ4n) is 3.82. The first-order valence-electron chi connectivity index (χ1n) is 8.88. The summed E-state index contributed by atoms with van der Waals surface area (Å²) in [6.45, 7) is 2.33. The topological polar surface area (TPSA) is 67.6 Å². The van der Waals surface area contributed by atoms with Gasteiger partial charge in [-0.2, -0.15) is 0 Å². The first-order chi connectivity index (χ1) is 12.3. The molecule has 0 bridgehead atoms. The molecule has 2 aliphatic rings. The maximum atomic E-state index is 12.4. The van der Waals surface area contributed by atoms with E-state index >= 15 is 0 Å². The molecule has 6 heteroatoms. The third-order valence-corrected chi connectivity index (χ3v) is 5.09. The van der Waals surface area contributed by atoms with Crippen molar-refractivity contribution >= 4 is 5.91 Å². The van der Waals surface area contributed by atoms with Gasteiger partial charge in [0, 0.05) is 30.9 Å². The fraction of sp³-hybridized carbons (Fsp3) is 0.474. The van der Waals surface area contributed by atoms with Gasteiger partial charge in [0.05, 0.1) is 30.9 Å². The third kappa shape index (κ3) is 3.75. The van der Waals surface area contributed by atoms with E-state index in [0.717, 1.165) is 38.0 Å². The van der Waals surface area contributed by atoms with Crippen molar-refractivity contribution in [3.63, 3.8) is 0 Å². The molecule has 0 radical (unpaired) electrons. The Bertz CT molecular complexity index is 689. The van der Waals surface area contributed by atoms with Crippen molar-refractivity contribution in [2.24, 2.45) is 0 Å². The van der Waals surface area contributed by atoms with Crippen molar-refractivity contribution in [3.05, 3.63) is 54.2 Å². The molecule has 2 aromatic rings. The van der Waals surface area contributed by atoms with Gasteiger partial charge in [-0.15, -0.1) is 0 Å². The summed E-state index contributed by atoms with van der Waals surface area (Å²) in [5.74, 6) is -0.0302. The monoisotopic (exact) mass is 341 g/mol. The number of carbonyl (C=O) groups is 1. The zero-order valence-corrected chi connectivity index (χ0v) is 14.1. The lowest BCUT2D eigenvalue weighted by Gasteiger charge is -2.35. The molecular weight excluding hydrogens is 318 g/mol. The van der Waals surface area contributed by atoms with E-state index in [0.29, 0.717) is 12.6 Å². The van der Waals surface area contributed by atoms with Crippen molar-refractivity contribution in [3.8, 4) is 0 Å². The number of nitrogens with zero attached hydrogens (tertiary/aromatic N) is 2. The quantitative estimate of drug-likeness (QED) is 0.902. The average Bonchev–Trinajstić information content (AvgIpc) is 3.31. The lowest BCUT2D eigenvalue weighted by atomic mass is 9.98. The van der Waals surface area contributed by atoms with E-state index in [2.05, 4.69) is 15.2 Å². The highest BCUT2D eigenvalue weighted by Gasteiger charge is 2.41. The van der Waals surface area contributed by atoms with Gasteiger partial charge in [0.15, 0.2) is 0 Å². The molecule has 3 atom stereocenters. The van der Waals surface area contributed by atoms with E-state index in [1.165, 1.54) is 5.56 Å². The maximum Gasteiger partial charge on any atom is 0.249 e. The highest BCUT2D eigenvalue weighted by Crippen LogP contribution is 2.32. The lowest BCUT2D eigenvalue weighted by molar-refractivity contribution is -0.144. The van der Waals surface area contributed by atoms with Crippen LogP contribution in [-0.4, -0.2) is 40.6 Å². The Labute approximate surface area is 147 Å². The number of furan rings is 1. The number of fused-ring (bicyclic) bond motifs is 1. The number of aromatic nitrogens is 1. The molecule has 2 fully saturated rings. The Kier molecular flexibility index (Phi) is 4.81. The minimum Gasteiger partial charge on any atom is -0.472 e. The van der Waals surface area contributed by atoms with Crippen molar-refractivity contribution in [2.75, 3.05) is 6.54 Å².